The molecule has 0 aromatic heterocycles. The lowest BCUT2D eigenvalue weighted by Gasteiger charge is -2.36. The van der Waals surface area contributed by atoms with E-state index in [0.29, 0.717) is 19.4 Å². The van der Waals surface area contributed by atoms with Gasteiger partial charge in [0, 0.05) is 32.4 Å². The Labute approximate surface area is 225 Å². The summed E-state index contributed by atoms with van der Waals surface area (Å²) in [4.78, 5) is 55.4. The predicted octanol–water partition coefficient (Wildman–Crippen LogP) is 3.02. The maximum Gasteiger partial charge on any atom is 0.410 e. The van der Waals surface area contributed by atoms with E-state index < -0.39 is 35.7 Å². The Kier molecular flexibility index (Phi) is 9.62. The minimum atomic E-state index is -0.829. The van der Waals surface area contributed by atoms with Gasteiger partial charge in [-0.15, -0.1) is 0 Å². The zero-order chi connectivity index (χ0) is 28.0. The molecule has 0 spiro atoms. The van der Waals surface area contributed by atoms with Crippen molar-refractivity contribution in [3.05, 3.63) is 29.8 Å². The van der Waals surface area contributed by atoms with E-state index in [2.05, 4.69) is 16.0 Å². The number of likely N-dealkylation sites (N-methyl/N-ethyl adjacent to an activating group) is 1. The molecule has 10 nitrogen and oxygen atoms in total. The molecule has 3 N–H and O–H groups in total. The van der Waals surface area contributed by atoms with Crippen LogP contribution in [0.25, 0.3) is 0 Å². The van der Waals surface area contributed by atoms with E-state index in [0.717, 1.165) is 36.9 Å². The summed E-state index contributed by atoms with van der Waals surface area (Å²) in [6.45, 7) is 7.25. The summed E-state index contributed by atoms with van der Waals surface area (Å²) in [5.74, 6) is -0.845. The summed E-state index contributed by atoms with van der Waals surface area (Å²) < 4.78 is 5.37. The standard InChI is InChI=1S/C28H43N5O5/c1-18(32(6)27(37)38-28(2,3)4)24(34)31-22-13-8-7-12-21-14-15-23(33(21)26(22)36)25(35)30-17-19-10-9-11-20(16-19)29-5/h9-11,16,18,21-23,29H,7-8,12-15,17H2,1-6H3,(H,30,35)(H,31,34). The molecule has 0 radical (unpaired) electrons. The van der Waals surface area contributed by atoms with Crippen LogP contribution in [0.5, 0.6) is 0 Å². The molecular weight excluding hydrogens is 486 g/mol. The molecule has 4 atom stereocenters. The fourth-order valence-electron chi connectivity index (χ4n) is 5.03. The molecule has 2 heterocycles. The largest absolute Gasteiger partial charge is 0.444 e. The number of amides is 4. The molecule has 10 heteroatoms. The fraction of sp³-hybridized carbons (Fsp3) is 0.643. The van der Waals surface area contributed by atoms with Gasteiger partial charge in [0.2, 0.25) is 17.7 Å². The van der Waals surface area contributed by atoms with Gasteiger partial charge in [-0.05, 0) is 71.1 Å². The predicted molar refractivity (Wildman–Crippen MR) is 145 cm³/mol. The van der Waals surface area contributed by atoms with Crippen LogP contribution in [0.2, 0.25) is 0 Å². The van der Waals surface area contributed by atoms with E-state index in [1.165, 1.54) is 11.9 Å². The van der Waals surface area contributed by atoms with Crippen molar-refractivity contribution in [1.82, 2.24) is 20.4 Å². The summed E-state index contributed by atoms with van der Waals surface area (Å²) in [7, 11) is 3.34. The molecule has 1 aromatic carbocycles. The van der Waals surface area contributed by atoms with E-state index in [4.69, 9.17) is 4.74 Å². The third-order valence-electron chi connectivity index (χ3n) is 7.28. The highest BCUT2D eigenvalue weighted by Gasteiger charge is 2.44. The molecule has 38 heavy (non-hydrogen) atoms. The Morgan fingerprint density at radius 3 is 2.53 bits per heavy atom. The maximum absolute atomic E-state index is 13.7. The summed E-state index contributed by atoms with van der Waals surface area (Å²) in [6, 6.07) is 5.62. The summed E-state index contributed by atoms with van der Waals surface area (Å²) in [5, 5.41) is 8.94. The van der Waals surface area contributed by atoms with Gasteiger partial charge < -0.3 is 25.6 Å². The molecule has 0 saturated carbocycles. The Morgan fingerprint density at radius 2 is 1.84 bits per heavy atom. The van der Waals surface area contributed by atoms with Gasteiger partial charge in [0.05, 0.1) is 0 Å². The lowest BCUT2D eigenvalue weighted by molar-refractivity contribution is -0.144. The van der Waals surface area contributed by atoms with Crippen LogP contribution in [0.3, 0.4) is 0 Å². The number of carbonyl (C=O) groups is 4. The van der Waals surface area contributed by atoms with Gasteiger partial charge in [-0.2, -0.15) is 0 Å². The maximum atomic E-state index is 13.7. The number of nitrogens with one attached hydrogen (secondary N) is 3. The molecule has 2 aliphatic heterocycles. The molecule has 4 unspecified atom stereocenters. The third-order valence-corrected chi connectivity index (χ3v) is 7.28. The first kappa shape index (κ1) is 29.3. The molecule has 210 valence electrons. The topological polar surface area (TPSA) is 120 Å². The van der Waals surface area contributed by atoms with E-state index in [1.807, 2.05) is 31.3 Å². The molecular formula is C28H43N5O5. The van der Waals surface area contributed by atoms with E-state index in [1.54, 1.807) is 32.6 Å². The Bertz CT molecular complexity index is 1020. The van der Waals surface area contributed by atoms with Crippen LogP contribution >= 0.6 is 0 Å². The highest BCUT2D eigenvalue weighted by atomic mass is 16.6. The Balaban J connectivity index is 1.67. The van der Waals surface area contributed by atoms with Gasteiger partial charge in [-0.3, -0.25) is 19.3 Å². The average molecular weight is 530 g/mol. The van der Waals surface area contributed by atoms with E-state index in [-0.39, 0.29) is 17.9 Å². The number of hydrogen-bond acceptors (Lipinski definition) is 6. The highest BCUT2D eigenvalue weighted by Crippen LogP contribution is 2.31. The van der Waals surface area contributed by atoms with Crippen LogP contribution in [0, 0.1) is 0 Å². The zero-order valence-electron chi connectivity index (χ0n) is 23.5. The average Bonchev–Trinajstić information content (AvgIpc) is 3.29. The van der Waals surface area contributed by atoms with Crippen molar-refractivity contribution in [2.75, 3.05) is 19.4 Å². The second-order valence-electron chi connectivity index (χ2n) is 11.3. The van der Waals surface area contributed by atoms with E-state index >= 15 is 0 Å². The van der Waals surface area contributed by atoms with Crippen LogP contribution in [-0.2, 0) is 25.7 Å². The van der Waals surface area contributed by atoms with Crippen molar-refractivity contribution in [1.29, 1.82) is 0 Å². The molecule has 0 aliphatic carbocycles. The van der Waals surface area contributed by atoms with Crippen LogP contribution < -0.4 is 16.0 Å². The smallest absolute Gasteiger partial charge is 0.410 e. The molecule has 2 fully saturated rings. The van der Waals surface area contributed by atoms with Crippen molar-refractivity contribution in [3.63, 3.8) is 0 Å². The van der Waals surface area contributed by atoms with Crippen molar-refractivity contribution < 1.29 is 23.9 Å². The summed E-state index contributed by atoms with van der Waals surface area (Å²) in [6.07, 6.45) is 3.80. The number of carbonyl (C=O) groups excluding carboxylic acids is 4. The second-order valence-corrected chi connectivity index (χ2v) is 11.3. The van der Waals surface area contributed by atoms with Crippen LogP contribution in [0.4, 0.5) is 10.5 Å². The van der Waals surface area contributed by atoms with Crippen LogP contribution in [-0.4, -0.2) is 77.5 Å². The van der Waals surface area contributed by atoms with Gasteiger partial charge in [-0.1, -0.05) is 25.0 Å². The van der Waals surface area contributed by atoms with Gasteiger partial charge in [0.15, 0.2) is 0 Å². The molecule has 4 amide bonds. The van der Waals surface area contributed by atoms with Crippen LogP contribution in [0.15, 0.2) is 24.3 Å². The monoisotopic (exact) mass is 529 g/mol. The van der Waals surface area contributed by atoms with Crippen molar-refractivity contribution in [2.45, 2.75) is 103 Å². The van der Waals surface area contributed by atoms with Crippen LogP contribution in [0.1, 0.15) is 71.8 Å². The normalized spacial score (nSPS) is 22.4. The molecule has 0 bridgehead atoms. The number of anilines is 1. The minimum absolute atomic E-state index is 0.0209. The number of hydrogen-bond donors (Lipinski definition) is 3. The third kappa shape index (κ3) is 7.39. The first-order valence-corrected chi connectivity index (χ1v) is 13.5. The first-order chi connectivity index (χ1) is 17.9. The number of ether oxygens (including phenoxy) is 1. The lowest BCUT2D eigenvalue weighted by Crippen LogP contribution is -2.58. The van der Waals surface area contributed by atoms with Gasteiger partial charge in [0.25, 0.3) is 0 Å². The Morgan fingerprint density at radius 1 is 1.13 bits per heavy atom. The number of benzene rings is 1. The number of rotatable bonds is 7. The van der Waals surface area contributed by atoms with Gasteiger partial charge in [0.1, 0.15) is 23.7 Å². The zero-order valence-corrected chi connectivity index (χ0v) is 23.5. The number of nitrogens with zero attached hydrogens (tertiary/aromatic N) is 2. The van der Waals surface area contributed by atoms with Gasteiger partial charge >= 0.3 is 6.09 Å². The van der Waals surface area contributed by atoms with Crippen molar-refractivity contribution in [2.24, 2.45) is 0 Å². The molecule has 2 saturated heterocycles. The Hall–Kier alpha value is -3.30. The minimum Gasteiger partial charge on any atom is -0.444 e. The molecule has 3 rings (SSSR count). The summed E-state index contributed by atoms with van der Waals surface area (Å²) in [5.41, 5.74) is 1.24. The number of fused-ring (bicyclic) bond motifs is 1. The van der Waals surface area contributed by atoms with Gasteiger partial charge in [-0.25, -0.2) is 4.79 Å². The van der Waals surface area contributed by atoms with Crippen molar-refractivity contribution >= 4 is 29.5 Å². The first-order valence-electron chi connectivity index (χ1n) is 13.5. The van der Waals surface area contributed by atoms with Crippen molar-refractivity contribution in [3.8, 4) is 0 Å². The molecule has 1 aromatic rings. The van der Waals surface area contributed by atoms with E-state index in [9.17, 15) is 19.2 Å². The second kappa shape index (κ2) is 12.5. The fourth-order valence-corrected chi connectivity index (χ4v) is 5.03. The SMILES string of the molecule is CNc1cccc(CNC(=O)C2CCC3CCCCC(NC(=O)C(C)N(C)C(=O)OC(C)(C)C)C(=O)N32)c1. The lowest BCUT2D eigenvalue weighted by atomic mass is 9.98. The molecule has 2 aliphatic rings. The highest BCUT2D eigenvalue weighted by molar-refractivity contribution is 5.94. The quantitative estimate of drug-likeness (QED) is 0.500. The summed E-state index contributed by atoms with van der Waals surface area (Å²) >= 11 is 0.